The first-order valence-corrected chi connectivity index (χ1v) is 10.6. The lowest BCUT2D eigenvalue weighted by Gasteiger charge is -2.14. The molecule has 0 atom stereocenters. The van der Waals surface area contributed by atoms with Crippen LogP contribution in [0.5, 0.6) is 11.5 Å². The molecule has 0 amide bonds. The summed E-state index contributed by atoms with van der Waals surface area (Å²) >= 11 is 0. The fourth-order valence-electron chi connectivity index (χ4n) is 2.60. The lowest BCUT2D eigenvalue weighted by Crippen LogP contribution is -2.06. The molecular weight excluding hydrogens is 390 g/mol. The number of aromatic nitrogens is 2. The van der Waals surface area contributed by atoms with E-state index in [9.17, 15) is 0 Å². The van der Waals surface area contributed by atoms with Gasteiger partial charge in [-0.2, -0.15) is 0 Å². The molecule has 1 aromatic heterocycles. The summed E-state index contributed by atoms with van der Waals surface area (Å²) in [4.78, 5) is 8.73. The quantitative estimate of drug-likeness (QED) is 0.363. The third-order valence-corrected chi connectivity index (χ3v) is 3.84. The van der Waals surface area contributed by atoms with Gasteiger partial charge < -0.3 is 19.5 Å². The van der Waals surface area contributed by atoms with Crippen molar-refractivity contribution in [2.45, 2.75) is 34.6 Å². The van der Waals surface area contributed by atoms with Crippen LogP contribution in [-0.2, 0) is 4.74 Å². The first-order valence-electron chi connectivity index (χ1n) is 10.6. The van der Waals surface area contributed by atoms with Crippen molar-refractivity contribution in [1.29, 1.82) is 0 Å². The van der Waals surface area contributed by atoms with Crippen molar-refractivity contribution < 1.29 is 14.2 Å². The molecule has 3 rings (SSSR count). The minimum Gasteiger partial charge on any atom is -0.490 e. The highest BCUT2D eigenvalue weighted by Gasteiger charge is 2.12. The third-order valence-electron chi connectivity index (χ3n) is 3.84. The molecule has 166 valence electrons. The number of terminal acetylenes is 1. The van der Waals surface area contributed by atoms with Crippen LogP contribution in [0.4, 0.5) is 11.5 Å². The van der Waals surface area contributed by atoms with Gasteiger partial charge in [-0.25, -0.2) is 9.97 Å². The van der Waals surface area contributed by atoms with Gasteiger partial charge in [0.2, 0.25) is 0 Å². The van der Waals surface area contributed by atoms with E-state index in [1.807, 2.05) is 71.0 Å². The number of nitrogens with zero attached hydrogens (tertiary/aromatic N) is 2. The van der Waals surface area contributed by atoms with Crippen LogP contribution < -0.4 is 14.8 Å². The van der Waals surface area contributed by atoms with Crippen molar-refractivity contribution in [3.05, 3.63) is 48.3 Å². The van der Waals surface area contributed by atoms with Crippen molar-refractivity contribution >= 4 is 22.4 Å². The number of hydrogen-bond acceptors (Lipinski definition) is 6. The van der Waals surface area contributed by atoms with E-state index in [1.54, 1.807) is 7.11 Å². The van der Waals surface area contributed by atoms with Crippen molar-refractivity contribution in [2.24, 2.45) is 0 Å². The Morgan fingerprint density at radius 2 is 1.71 bits per heavy atom. The van der Waals surface area contributed by atoms with Gasteiger partial charge in [-0.3, -0.25) is 0 Å². The highest BCUT2D eigenvalue weighted by atomic mass is 16.5. The van der Waals surface area contributed by atoms with Gasteiger partial charge in [0, 0.05) is 29.8 Å². The molecule has 0 saturated heterocycles. The molecule has 2 aromatic carbocycles. The fraction of sp³-hybridized carbons (Fsp3) is 0.360. The maximum absolute atomic E-state index is 5.82. The summed E-state index contributed by atoms with van der Waals surface area (Å²) < 4.78 is 16.6. The first-order chi connectivity index (χ1) is 15.2. The number of methoxy groups -OCH3 is 1. The van der Waals surface area contributed by atoms with E-state index in [0.717, 1.165) is 22.2 Å². The fourth-order valence-corrected chi connectivity index (χ4v) is 2.60. The second-order valence-electron chi connectivity index (χ2n) is 5.66. The Morgan fingerprint density at radius 3 is 2.39 bits per heavy atom. The topological polar surface area (TPSA) is 65.5 Å². The second-order valence-corrected chi connectivity index (χ2v) is 5.66. The molecule has 0 bridgehead atoms. The molecular formula is C25H33N3O3. The Bertz CT molecular complexity index is 968. The minimum atomic E-state index is 0.419. The number of ether oxygens (including phenoxy) is 3. The summed E-state index contributed by atoms with van der Waals surface area (Å²) in [6, 6.07) is 11.3. The second kappa shape index (κ2) is 14.6. The van der Waals surface area contributed by atoms with Crippen LogP contribution in [0.3, 0.4) is 0 Å². The molecule has 0 radical (unpaired) electrons. The van der Waals surface area contributed by atoms with Crippen molar-refractivity contribution in [1.82, 2.24) is 9.97 Å². The van der Waals surface area contributed by atoms with E-state index in [4.69, 9.17) is 20.6 Å². The molecule has 1 N–H and O–H groups in total. The first kappa shape index (κ1) is 25.7. The number of benzene rings is 2. The van der Waals surface area contributed by atoms with Crippen LogP contribution in [0.15, 0.2) is 42.7 Å². The van der Waals surface area contributed by atoms with E-state index in [-0.39, 0.29) is 0 Å². The molecule has 0 aliphatic rings. The van der Waals surface area contributed by atoms with E-state index < -0.39 is 0 Å². The maximum atomic E-state index is 5.82. The molecule has 0 aliphatic heterocycles. The summed E-state index contributed by atoms with van der Waals surface area (Å²) in [5, 5.41) is 4.12. The number of hydrogen-bond donors (Lipinski definition) is 1. The molecule has 0 fully saturated rings. The molecule has 31 heavy (non-hydrogen) atoms. The van der Waals surface area contributed by atoms with Gasteiger partial charge in [-0.1, -0.05) is 39.7 Å². The zero-order chi connectivity index (χ0) is 23.1. The van der Waals surface area contributed by atoms with Crippen LogP contribution in [0.25, 0.3) is 10.9 Å². The third kappa shape index (κ3) is 7.47. The SMILES string of the molecule is C#Cc1cccc(Nc2ncnc3cc(OCC)c(OCCOC)cc23)c1.CC.CC. The average molecular weight is 424 g/mol. The summed E-state index contributed by atoms with van der Waals surface area (Å²) in [6.07, 6.45) is 6.99. The van der Waals surface area contributed by atoms with Crippen molar-refractivity contribution in [3.63, 3.8) is 0 Å². The average Bonchev–Trinajstić information content (AvgIpc) is 2.83. The van der Waals surface area contributed by atoms with E-state index in [1.165, 1.54) is 6.33 Å². The predicted molar refractivity (Wildman–Crippen MR) is 128 cm³/mol. The number of anilines is 2. The van der Waals surface area contributed by atoms with Crippen LogP contribution in [0.2, 0.25) is 0 Å². The smallest absolute Gasteiger partial charge is 0.163 e. The number of nitrogens with one attached hydrogen (secondary N) is 1. The summed E-state index contributed by atoms with van der Waals surface area (Å²) in [5.74, 6) is 4.55. The van der Waals surface area contributed by atoms with Crippen LogP contribution in [-0.4, -0.2) is 36.9 Å². The highest BCUT2D eigenvalue weighted by Crippen LogP contribution is 2.35. The lowest BCUT2D eigenvalue weighted by molar-refractivity contribution is 0.143. The van der Waals surface area contributed by atoms with Gasteiger partial charge in [0.25, 0.3) is 0 Å². The van der Waals surface area contributed by atoms with Gasteiger partial charge >= 0.3 is 0 Å². The van der Waals surface area contributed by atoms with Crippen molar-refractivity contribution in [3.8, 4) is 23.8 Å². The summed E-state index contributed by atoms with van der Waals surface area (Å²) in [6.45, 7) is 11.4. The van der Waals surface area contributed by atoms with Gasteiger partial charge in [-0.15, -0.1) is 6.42 Å². The van der Waals surface area contributed by atoms with Gasteiger partial charge in [0.05, 0.1) is 18.7 Å². The largest absolute Gasteiger partial charge is 0.490 e. The standard InChI is InChI=1S/C21H21N3O3.2C2H6/c1-4-15-7-6-8-16(11-15)24-21-17-12-19(27-10-9-25-3)20(26-5-2)13-18(17)22-14-23-21;2*1-2/h1,6-8,11-14H,5,9-10H2,2-3H3,(H,22,23,24);2*1-2H3. The van der Waals surface area contributed by atoms with Gasteiger partial charge in [0.15, 0.2) is 11.5 Å². The van der Waals surface area contributed by atoms with Crippen LogP contribution in [0, 0.1) is 12.3 Å². The van der Waals surface area contributed by atoms with Crippen molar-refractivity contribution in [2.75, 3.05) is 32.2 Å². The Labute approximate surface area is 186 Å². The summed E-state index contributed by atoms with van der Waals surface area (Å²) in [7, 11) is 1.63. The molecule has 6 nitrogen and oxygen atoms in total. The predicted octanol–water partition coefficient (Wildman–Crippen LogP) is 5.83. The van der Waals surface area contributed by atoms with E-state index in [0.29, 0.717) is 37.1 Å². The summed E-state index contributed by atoms with van der Waals surface area (Å²) in [5.41, 5.74) is 2.39. The molecule has 3 aromatic rings. The molecule has 0 aliphatic carbocycles. The number of fused-ring (bicyclic) bond motifs is 1. The van der Waals surface area contributed by atoms with Crippen LogP contribution in [0.1, 0.15) is 40.2 Å². The maximum Gasteiger partial charge on any atom is 0.163 e. The molecule has 1 heterocycles. The van der Waals surface area contributed by atoms with E-state index >= 15 is 0 Å². The van der Waals surface area contributed by atoms with Gasteiger partial charge in [-0.05, 0) is 31.2 Å². The Hall–Kier alpha value is -3.30. The highest BCUT2D eigenvalue weighted by molar-refractivity contribution is 5.93. The number of rotatable bonds is 8. The Morgan fingerprint density at radius 1 is 0.968 bits per heavy atom. The molecule has 0 saturated carbocycles. The lowest BCUT2D eigenvalue weighted by atomic mass is 10.2. The zero-order valence-electron chi connectivity index (χ0n) is 19.4. The normalized spacial score (nSPS) is 9.45. The molecule has 0 spiro atoms. The minimum absolute atomic E-state index is 0.419. The Kier molecular flexibility index (Phi) is 12.2. The molecule has 0 unspecified atom stereocenters. The van der Waals surface area contributed by atoms with E-state index in [2.05, 4.69) is 21.2 Å². The van der Waals surface area contributed by atoms with Crippen LogP contribution >= 0.6 is 0 Å². The Balaban J connectivity index is 0.00000113. The van der Waals surface area contributed by atoms with Gasteiger partial charge in [0.1, 0.15) is 18.8 Å². The zero-order valence-corrected chi connectivity index (χ0v) is 19.4. The monoisotopic (exact) mass is 423 g/mol. The molecule has 6 heteroatoms.